The van der Waals surface area contributed by atoms with Crippen LogP contribution in [0, 0.1) is 13.8 Å². The van der Waals surface area contributed by atoms with Crippen molar-refractivity contribution in [2.75, 3.05) is 6.54 Å². The molecule has 0 aliphatic carbocycles. The lowest BCUT2D eigenvalue weighted by atomic mass is 9.99. The number of hydrogen-bond acceptors (Lipinski definition) is 2. The second-order valence-electron chi connectivity index (χ2n) is 5.54. The molecule has 0 saturated heterocycles. The van der Waals surface area contributed by atoms with E-state index in [9.17, 15) is 0 Å². The minimum absolute atomic E-state index is 0.101. The Morgan fingerprint density at radius 3 is 2.62 bits per heavy atom. The van der Waals surface area contributed by atoms with E-state index in [0.29, 0.717) is 0 Å². The van der Waals surface area contributed by atoms with Crippen LogP contribution in [-0.4, -0.2) is 6.54 Å². The van der Waals surface area contributed by atoms with E-state index in [1.807, 2.05) is 0 Å². The number of benzene rings is 2. The molecular formula is C19H21NO. The molecule has 3 aromatic rings. The lowest BCUT2D eigenvalue weighted by Gasteiger charge is -2.18. The Bertz CT molecular complexity index is 757. The van der Waals surface area contributed by atoms with Crippen LogP contribution in [0.1, 0.15) is 35.4 Å². The lowest BCUT2D eigenvalue weighted by molar-refractivity contribution is 0.476. The Kier molecular flexibility index (Phi) is 3.80. The molecule has 1 atom stereocenters. The maximum absolute atomic E-state index is 6.08. The summed E-state index contributed by atoms with van der Waals surface area (Å²) in [6.07, 6.45) is 0. The van der Waals surface area contributed by atoms with Gasteiger partial charge in [0.1, 0.15) is 11.3 Å². The standard InChI is InChI=1S/C19H21NO/c1-4-20-19(16-8-6-5-7-14(16)3)18-12-15-11-13(2)9-10-17(15)21-18/h5-12,19-20H,4H2,1-3H3. The first-order chi connectivity index (χ1) is 10.2. The van der Waals surface area contributed by atoms with Crippen LogP contribution in [0.2, 0.25) is 0 Å². The normalized spacial score (nSPS) is 12.7. The second kappa shape index (κ2) is 5.74. The van der Waals surface area contributed by atoms with Crippen molar-refractivity contribution in [2.24, 2.45) is 0 Å². The Morgan fingerprint density at radius 2 is 1.86 bits per heavy atom. The fourth-order valence-electron chi connectivity index (χ4n) is 2.80. The maximum Gasteiger partial charge on any atom is 0.134 e. The van der Waals surface area contributed by atoms with Gasteiger partial charge in [0.15, 0.2) is 0 Å². The molecule has 2 nitrogen and oxygen atoms in total. The average Bonchev–Trinajstić information content (AvgIpc) is 2.88. The molecule has 21 heavy (non-hydrogen) atoms. The molecule has 0 aliphatic rings. The first kappa shape index (κ1) is 13.9. The highest BCUT2D eigenvalue weighted by Gasteiger charge is 2.19. The van der Waals surface area contributed by atoms with E-state index in [4.69, 9.17) is 4.42 Å². The van der Waals surface area contributed by atoms with Gasteiger partial charge in [0.05, 0.1) is 6.04 Å². The smallest absolute Gasteiger partial charge is 0.134 e. The average molecular weight is 279 g/mol. The van der Waals surface area contributed by atoms with Gasteiger partial charge >= 0.3 is 0 Å². The van der Waals surface area contributed by atoms with Crippen molar-refractivity contribution in [3.63, 3.8) is 0 Å². The second-order valence-corrected chi connectivity index (χ2v) is 5.54. The van der Waals surface area contributed by atoms with Gasteiger partial charge in [-0.15, -0.1) is 0 Å². The molecule has 1 unspecified atom stereocenters. The van der Waals surface area contributed by atoms with Gasteiger partial charge in [0, 0.05) is 5.39 Å². The van der Waals surface area contributed by atoms with Gasteiger partial charge in [-0.25, -0.2) is 0 Å². The maximum atomic E-state index is 6.08. The van der Waals surface area contributed by atoms with Crippen LogP contribution in [0.4, 0.5) is 0 Å². The van der Waals surface area contributed by atoms with E-state index in [1.54, 1.807) is 0 Å². The Morgan fingerprint density at radius 1 is 1.05 bits per heavy atom. The van der Waals surface area contributed by atoms with Crippen LogP contribution in [0.5, 0.6) is 0 Å². The number of aryl methyl sites for hydroxylation is 2. The Labute approximate surface area is 125 Å². The Balaban J connectivity index is 2.09. The van der Waals surface area contributed by atoms with Crippen molar-refractivity contribution in [3.8, 4) is 0 Å². The van der Waals surface area contributed by atoms with Crippen molar-refractivity contribution in [2.45, 2.75) is 26.8 Å². The molecule has 0 amide bonds. The van der Waals surface area contributed by atoms with Crippen LogP contribution >= 0.6 is 0 Å². The number of nitrogens with one attached hydrogen (secondary N) is 1. The summed E-state index contributed by atoms with van der Waals surface area (Å²) in [5.41, 5.74) is 4.76. The Hall–Kier alpha value is -2.06. The number of rotatable bonds is 4. The van der Waals surface area contributed by atoms with Gasteiger partial charge < -0.3 is 9.73 Å². The van der Waals surface area contributed by atoms with Crippen molar-refractivity contribution in [1.82, 2.24) is 5.32 Å². The van der Waals surface area contributed by atoms with Crippen molar-refractivity contribution in [3.05, 3.63) is 71.0 Å². The molecule has 108 valence electrons. The van der Waals surface area contributed by atoms with Crippen molar-refractivity contribution >= 4 is 11.0 Å². The molecule has 0 spiro atoms. The van der Waals surface area contributed by atoms with Gasteiger partial charge in [0.25, 0.3) is 0 Å². The highest BCUT2D eigenvalue weighted by atomic mass is 16.3. The molecular weight excluding hydrogens is 258 g/mol. The molecule has 2 aromatic carbocycles. The molecule has 1 aromatic heterocycles. The summed E-state index contributed by atoms with van der Waals surface area (Å²) >= 11 is 0. The third kappa shape index (κ3) is 2.72. The van der Waals surface area contributed by atoms with E-state index < -0.39 is 0 Å². The molecule has 1 N–H and O–H groups in total. The van der Waals surface area contributed by atoms with E-state index in [0.717, 1.165) is 17.9 Å². The summed E-state index contributed by atoms with van der Waals surface area (Å²) in [7, 11) is 0. The molecule has 2 heteroatoms. The highest BCUT2D eigenvalue weighted by Crippen LogP contribution is 2.30. The predicted octanol–water partition coefficient (Wildman–Crippen LogP) is 4.75. The zero-order valence-electron chi connectivity index (χ0n) is 12.8. The topological polar surface area (TPSA) is 25.2 Å². The first-order valence-electron chi connectivity index (χ1n) is 7.48. The highest BCUT2D eigenvalue weighted by molar-refractivity contribution is 5.79. The SMILES string of the molecule is CCNC(c1cc2cc(C)ccc2o1)c1ccccc1C. The van der Waals surface area contributed by atoms with Crippen molar-refractivity contribution < 1.29 is 4.42 Å². The monoisotopic (exact) mass is 279 g/mol. The zero-order valence-corrected chi connectivity index (χ0v) is 12.8. The summed E-state index contributed by atoms with van der Waals surface area (Å²) in [4.78, 5) is 0. The van der Waals surface area contributed by atoms with Gasteiger partial charge in [-0.3, -0.25) is 0 Å². The van der Waals surface area contributed by atoms with Gasteiger partial charge in [0.2, 0.25) is 0 Å². The van der Waals surface area contributed by atoms with E-state index >= 15 is 0 Å². The molecule has 3 rings (SSSR count). The fraction of sp³-hybridized carbons (Fsp3) is 0.263. The predicted molar refractivity (Wildman–Crippen MR) is 87.6 cm³/mol. The van der Waals surface area contributed by atoms with Crippen LogP contribution in [0.15, 0.2) is 52.9 Å². The van der Waals surface area contributed by atoms with Crippen LogP contribution in [0.3, 0.4) is 0 Å². The minimum atomic E-state index is 0.101. The van der Waals surface area contributed by atoms with Gasteiger partial charge in [-0.05, 0) is 49.7 Å². The fourth-order valence-corrected chi connectivity index (χ4v) is 2.80. The summed E-state index contributed by atoms with van der Waals surface area (Å²) < 4.78 is 6.08. The van der Waals surface area contributed by atoms with E-state index in [-0.39, 0.29) is 6.04 Å². The molecule has 0 saturated carbocycles. The lowest BCUT2D eigenvalue weighted by Crippen LogP contribution is -2.22. The van der Waals surface area contributed by atoms with Crippen LogP contribution in [-0.2, 0) is 0 Å². The summed E-state index contributed by atoms with van der Waals surface area (Å²) in [5.74, 6) is 0.978. The first-order valence-corrected chi connectivity index (χ1v) is 7.48. The quantitative estimate of drug-likeness (QED) is 0.745. The molecule has 0 radical (unpaired) electrons. The van der Waals surface area contributed by atoms with E-state index in [2.05, 4.69) is 74.6 Å². The van der Waals surface area contributed by atoms with Crippen LogP contribution < -0.4 is 5.32 Å². The summed E-state index contributed by atoms with van der Waals surface area (Å²) in [5, 5.41) is 4.71. The zero-order chi connectivity index (χ0) is 14.8. The number of furan rings is 1. The summed E-state index contributed by atoms with van der Waals surface area (Å²) in [6.45, 7) is 7.27. The summed E-state index contributed by atoms with van der Waals surface area (Å²) in [6, 6.07) is 17.0. The number of hydrogen-bond donors (Lipinski definition) is 1. The largest absolute Gasteiger partial charge is 0.459 e. The molecule has 0 aliphatic heterocycles. The molecule has 1 heterocycles. The third-order valence-corrected chi connectivity index (χ3v) is 3.88. The van der Waals surface area contributed by atoms with Gasteiger partial charge in [-0.1, -0.05) is 42.8 Å². The minimum Gasteiger partial charge on any atom is -0.459 e. The number of fused-ring (bicyclic) bond motifs is 1. The molecule has 0 bridgehead atoms. The van der Waals surface area contributed by atoms with Gasteiger partial charge in [-0.2, -0.15) is 0 Å². The molecule has 0 fully saturated rings. The third-order valence-electron chi connectivity index (χ3n) is 3.88. The van der Waals surface area contributed by atoms with Crippen LogP contribution in [0.25, 0.3) is 11.0 Å². The van der Waals surface area contributed by atoms with Crippen molar-refractivity contribution in [1.29, 1.82) is 0 Å². The van der Waals surface area contributed by atoms with E-state index in [1.165, 1.54) is 22.1 Å².